The molecule has 0 aromatic carbocycles. The summed E-state index contributed by atoms with van der Waals surface area (Å²) in [6.07, 6.45) is 5.37. The molecule has 4 heteroatoms. The fraction of sp³-hybridized carbons (Fsp3) is 0.692. The van der Waals surface area contributed by atoms with Crippen molar-refractivity contribution in [1.82, 2.24) is 14.9 Å². The highest BCUT2D eigenvalue weighted by Gasteiger charge is 2.30. The lowest BCUT2D eigenvalue weighted by atomic mass is 10.2. The largest absolute Gasteiger partial charge is 0.312 e. The highest BCUT2D eigenvalue weighted by molar-refractivity contribution is 4.97. The first-order valence-electron chi connectivity index (χ1n) is 6.47. The van der Waals surface area contributed by atoms with Gasteiger partial charge in [-0.15, -0.1) is 0 Å². The quantitative estimate of drug-likeness (QED) is 0.809. The molecule has 0 bridgehead atoms. The molecule has 1 aromatic heterocycles. The van der Waals surface area contributed by atoms with Crippen LogP contribution in [0.1, 0.15) is 31.9 Å². The van der Waals surface area contributed by atoms with Crippen molar-refractivity contribution in [3.05, 3.63) is 28.4 Å². The second kappa shape index (κ2) is 5.45. The molecule has 1 aliphatic carbocycles. The molecule has 94 valence electrons. The third-order valence-corrected chi connectivity index (χ3v) is 3.26. The highest BCUT2D eigenvalue weighted by Crippen LogP contribution is 2.33. The van der Waals surface area contributed by atoms with E-state index in [9.17, 15) is 4.79 Å². The van der Waals surface area contributed by atoms with E-state index >= 15 is 0 Å². The number of hydrogen-bond donors (Lipinski definition) is 1. The van der Waals surface area contributed by atoms with E-state index in [2.05, 4.69) is 17.2 Å². The lowest BCUT2D eigenvalue weighted by Crippen LogP contribution is -2.38. The van der Waals surface area contributed by atoms with Gasteiger partial charge in [0.15, 0.2) is 0 Å². The van der Waals surface area contributed by atoms with Crippen molar-refractivity contribution in [2.75, 3.05) is 6.54 Å². The molecule has 0 amide bonds. The summed E-state index contributed by atoms with van der Waals surface area (Å²) in [6.45, 7) is 5.78. The predicted molar refractivity (Wildman–Crippen MR) is 68.0 cm³/mol. The Labute approximate surface area is 102 Å². The van der Waals surface area contributed by atoms with Crippen molar-refractivity contribution >= 4 is 0 Å². The SMILES string of the molecule is CCCNC(Cn1cnc(C)cc1=O)C1CC1. The normalized spacial score (nSPS) is 17.1. The monoisotopic (exact) mass is 235 g/mol. The molecule has 1 aliphatic rings. The van der Waals surface area contributed by atoms with E-state index in [4.69, 9.17) is 0 Å². The lowest BCUT2D eigenvalue weighted by molar-refractivity contribution is 0.400. The Morgan fingerprint density at radius 1 is 1.59 bits per heavy atom. The summed E-state index contributed by atoms with van der Waals surface area (Å²) in [5.74, 6) is 0.745. The van der Waals surface area contributed by atoms with Crippen LogP contribution in [-0.4, -0.2) is 22.1 Å². The van der Waals surface area contributed by atoms with E-state index in [0.717, 1.165) is 31.1 Å². The summed E-state index contributed by atoms with van der Waals surface area (Å²) in [5, 5.41) is 3.53. The van der Waals surface area contributed by atoms with E-state index in [1.807, 2.05) is 6.92 Å². The fourth-order valence-corrected chi connectivity index (χ4v) is 2.07. The van der Waals surface area contributed by atoms with Crippen molar-refractivity contribution in [3.8, 4) is 0 Å². The van der Waals surface area contributed by atoms with Gasteiger partial charge in [0.05, 0.1) is 6.33 Å². The minimum absolute atomic E-state index is 0.0569. The van der Waals surface area contributed by atoms with Crippen molar-refractivity contribution < 1.29 is 0 Å². The van der Waals surface area contributed by atoms with E-state index < -0.39 is 0 Å². The van der Waals surface area contributed by atoms with Gasteiger partial charge in [-0.3, -0.25) is 9.36 Å². The maximum absolute atomic E-state index is 11.8. The van der Waals surface area contributed by atoms with Crippen molar-refractivity contribution in [2.24, 2.45) is 5.92 Å². The van der Waals surface area contributed by atoms with Gasteiger partial charge in [-0.25, -0.2) is 4.98 Å². The van der Waals surface area contributed by atoms with Crippen LogP contribution in [0, 0.1) is 12.8 Å². The zero-order valence-electron chi connectivity index (χ0n) is 10.6. The van der Waals surface area contributed by atoms with Crippen LogP contribution in [0.3, 0.4) is 0 Å². The van der Waals surface area contributed by atoms with Crippen LogP contribution in [0.5, 0.6) is 0 Å². The summed E-state index contributed by atoms with van der Waals surface area (Å²) in [7, 11) is 0. The van der Waals surface area contributed by atoms with Crippen LogP contribution in [-0.2, 0) is 6.54 Å². The van der Waals surface area contributed by atoms with Gasteiger partial charge in [-0.2, -0.15) is 0 Å². The summed E-state index contributed by atoms with van der Waals surface area (Å²) < 4.78 is 1.72. The molecular weight excluding hydrogens is 214 g/mol. The van der Waals surface area contributed by atoms with Gasteiger partial charge in [0.1, 0.15) is 0 Å². The Kier molecular flexibility index (Phi) is 3.94. The standard InChI is InChI=1S/C13H21N3O/c1-3-6-14-12(11-4-5-11)8-16-9-15-10(2)7-13(16)17/h7,9,11-12,14H,3-6,8H2,1-2H3. The lowest BCUT2D eigenvalue weighted by Gasteiger charge is -2.18. The van der Waals surface area contributed by atoms with E-state index in [1.165, 1.54) is 12.8 Å². The fourth-order valence-electron chi connectivity index (χ4n) is 2.07. The first-order chi connectivity index (χ1) is 8.20. The summed E-state index contributed by atoms with van der Waals surface area (Å²) in [5.41, 5.74) is 0.845. The number of aryl methyl sites for hydroxylation is 1. The summed E-state index contributed by atoms with van der Waals surface area (Å²) in [6, 6.07) is 2.03. The number of rotatable bonds is 6. The zero-order chi connectivity index (χ0) is 12.3. The molecular formula is C13H21N3O. The van der Waals surface area contributed by atoms with Crippen LogP contribution in [0.15, 0.2) is 17.2 Å². The van der Waals surface area contributed by atoms with Gasteiger partial charge in [0.2, 0.25) is 0 Å². The molecule has 1 heterocycles. The van der Waals surface area contributed by atoms with Crippen LogP contribution < -0.4 is 10.9 Å². The molecule has 0 saturated heterocycles. The maximum atomic E-state index is 11.8. The molecule has 0 spiro atoms. The number of aromatic nitrogens is 2. The van der Waals surface area contributed by atoms with Crippen LogP contribution in [0.4, 0.5) is 0 Å². The van der Waals surface area contributed by atoms with Gasteiger partial charge in [0, 0.05) is 24.3 Å². The Morgan fingerprint density at radius 3 is 2.94 bits per heavy atom. The Hall–Kier alpha value is -1.16. The average molecular weight is 235 g/mol. The van der Waals surface area contributed by atoms with Crippen molar-refractivity contribution in [1.29, 1.82) is 0 Å². The molecule has 0 radical (unpaired) electrons. The van der Waals surface area contributed by atoms with E-state index in [0.29, 0.717) is 6.04 Å². The molecule has 1 aromatic rings. The molecule has 1 unspecified atom stereocenters. The Bertz CT molecular complexity index is 423. The molecule has 17 heavy (non-hydrogen) atoms. The van der Waals surface area contributed by atoms with Crippen LogP contribution in [0.2, 0.25) is 0 Å². The maximum Gasteiger partial charge on any atom is 0.253 e. The predicted octanol–water partition coefficient (Wildman–Crippen LogP) is 1.33. The molecule has 2 rings (SSSR count). The molecule has 1 saturated carbocycles. The summed E-state index contributed by atoms with van der Waals surface area (Å²) in [4.78, 5) is 16.0. The van der Waals surface area contributed by atoms with Crippen LogP contribution in [0.25, 0.3) is 0 Å². The molecule has 1 atom stereocenters. The molecule has 4 nitrogen and oxygen atoms in total. The van der Waals surface area contributed by atoms with Gasteiger partial charge in [0.25, 0.3) is 5.56 Å². The molecule has 1 N–H and O–H groups in total. The number of nitrogens with zero attached hydrogens (tertiary/aromatic N) is 2. The number of hydrogen-bond acceptors (Lipinski definition) is 3. The summed E-state index contributed by atoms with van der Waals surface area (Å²) >= 11 is 0. The third kappa shape index (κ3) is 3.40. The van der Waals surface area contributed by atoms with Gasteiger partial charge in [-0.05, 0) is 38.6 Å². The average Bonchev–Trinajstić information content (AvgIpc) is 3.11. The topological polar surface area (TPSA) is 46.9 Å². The first kappa shape index (κ1) is 12.3. The zero-order valence-corrected chi connectivity index (χ0v) is 10.6. The second-order valence-corrected chi connectivity index (χ2v) is 4.92. The van der Waals surface area contributed by atoms with Crippen molar-refractivity contribution in [2.45, 2.75) is 45.7 Å². The van der Waals surface area contributed by atoms with E-state index in [1.54, 1.807) is 17.0 Å². The van der Waals surface area contributed by atoms with Gasteiger partial charge in [-0.1, -0.05) is 6.92 Å². The first-order valence-corrected chi connectivity index (χ1v) is 6.47. The Morgan fingerprint density at radius 2 is 2.35 bits per heavy atom. The minimum Gasteiger partial charge on any atom is -0.312 e. The van der Waals surface area contributed by atoms with Gasteiger partial charge < -0.3 is 5.32 Å². The Balaban J connectivity index is 2.03. The third-order valence-electron chi connectivity index (χ3n) is 3.26. The number of nitrogens with one attached hydrogen (secondary N) is 1. The van der Waals surface area contributed by atoms with Gasteiger partial charge >= 0.3 is 0 Å². The smallest absolute Gasteiger partial charge is 0.253 e. The molecule has 1 fully saturated rings. The minimum atomic E-state index is 0.0569. The van der Waals surface area contributed by atoms with Crippen LogP contribution >= 0.6 is 0 Å². The van der Waals surface area contributed by atoms with Crippen molar-refractivity contribution in [3.63, 3.8) is 0 Å². The van der Waals surface area contributed by atoms with E-state index in [-0.39, 0.29) is 5.56 Å². The highest BCUT2D eigenvalue weighted by atomic mass is 16.1. The second-order valence-electron chi connectivity index (χ2n) is 4.92. The molecule has 0 aliphatic heterocycles.